The van der Waals surface area contributed by atoms with Crippen molar-refractivity contribution in [3.8, 4) is 17.2 Å². The molecule has 0 spiro atoms. The second-order valence-corrected chi connectivity index (χ2v) is 8.88. The molecule has 38 heavy (non-hydrogen) atoms. The Morgan fingerprint density at radius 3 is 2.53 bits per heavy atom. The largest absolute Gasteiger partial charge is 0.493 e. The third-order valence-electron chi connectivity index (χ3n) is 6.41. The Kier molecular flexibility index (Phi) is 7.04. The summed E-state index contributed by atoms with van der Waals surface area (Å²) in [6, 6.07) is 23.1. The molecule has 0 radical (unpaired) electrons. The molecule has 0 aliphatic carbocycles. The molecule has 0 saturated carbocycles. The highest BCUT2D eigenvalue weighted by Gasteiger charge is 2.18. The van der Waals surface area contributed by atoms with Crippen LogP contribution in [0.1, 0.15) is 33.3 Å². The summed E-state index contributed by atoms with van der Waals surface area (Å²) in [6.07, 6.45) is 0. The zero-order chi connectivity index (χ0) is 26.6. The fourth-order valence-electron chi connectivity index (χ4n) is 4.41. The molecule has 1 amide bonds. The molecule has 194 valence electrons. The summed E-state index contributed by atoms with van der Waals surface area (Å²) in [5, 5.41) is 9.70. The zero-order valence-electron chi connectivity index (χ0n) is 21.8. The van der Waals surface area contributed by atoms with Crippen molar-refractivity contribution in [1.29, 1.82) is 0 Å². The van der Waals surface area contributed by atoms with Gasteiger partial charge in [-0.1, -0.05) is 42.5 Å². The third-order valence-corrected chi connectivity index (χ3v) is 6.41. The van der Waals surface area contributed by atoms with Crippen molar-refractivity contribution in [2.45, 2.75) is 27.0 Å². The Hall–Kier alpha value is -4.72. The van der Waals surface area contributed by atoms with Gasteiger partial charge in [0.2, 0.25) is 0 Å². The van der Waals surface area contributed by atoms with Crippen LogP contribution in [0.2, 0.25) is 0 Å². The smallest absolute Gasteiger partial charge is 0.291 e. The molecule has 1 N–H and O–H groups in total. The van der Waals surface area contributed by atoms with Gasteiger partial charge in [0.1, 0.15) is 18.1 Å². The van der Waals surface area contributed by atoms with Crippen molar-refractivity contribution in [1.82, 2.24) is 9.78 Å². The molecular formula is C30H29N3O5. The van der Waals surface area contributed by atoms with E-state index >= 15 is 0 Å². The lowest BCUT2D eigenvalue weighted by Crippen LogP contribution is -2.12. The van der Waals surface area contributed by atoms with Gasteiger partial charge in [-0.15, -0.1) is 0 Å². The van der Waals surface area contributed by atoms with Gasteiger partial charge in [0.25, 0.3) is 5.91 Å². The number of nitrogens with zero attached hydrogens (tertiary/aromatic N) is 2. The first-order valence-corrected chi connectivity index (χ1v) is 12.2. The summed E-state index contributed by atoms with van der Waals surface area (Å²) < 4.78 is 24.4. The number of hydrogen-bond donors (Lipinski definition) is 1. The van der Waals surface area contributed by atoms with E-state index in [1.807, 2.05) is 79.2 Å². The minimum Gasteiger partial charge on any atom is -0.493 e. The number of ether oxygens (including phenoxy) is 3. The molecule has 0 unspecified atom stereocenters. The average Bonchev–Trinajstić information content (AvgIpc) is 3.52. The maximum Gasteiger partial charge on any atom is 0.291 e. The number of benzene rings is 3. The fourth-order valence-corrected chi connectivity index (χ4v) is 4.41. The van der Waals surface area contributed by atoms with Crippen LogP contribution in [0, 0.1) is 13.8 Å². The number of carbonyl (C=O) groups excluding carboxylic acids is 1. The van der Waals surface area contributed by atoms with Gasteiger partial charge in [0, 0.05) is 5.39 Å². The molecule has 0 bridgehead atoms. The monoisotopic (exact) mass is 511 g/mol. The molecule has 8 nitrogen and oxygen atoms in total. The van der Waals surface area contributed by atoms with Crippen LogP contribution in [0.5, 0.6) is 17.2 Å². The Morgan fingerprint density at radius 2 is 1.71 bits per heavy atom. The number of methoxy groups -OCH3 is 2. The third kappa shape index (κ3) is 5.06. The normalized spacial score (nSPS) is 10.9. The predicted octanol–water partition coefficient (Wildman–Crippen LogP) is 6.14. The maximum atomic E-state index is 13.0. The van der Waals surface area contributed by atoms with Crippen molar-refractivity contribution >= 4 is 22.4 Å². The molecule has 0 aliphatic rings. The van der Waals surface area contributed by atoms with Gasteiger partial charge in [-0.25, -0.2) is 0 Å². The minimum absolute atomic E-state index is 0.202. The first kappa shape index (κ1) is 25.0. The summed E-state index contributed by atoms with van der Waals surface area (Å²) in [6.45, 7) is 4.50. The van der Waals surface area contributed by atoms with Crippen molar-refractivity contribution in [3.05, 3.63) is 101 Å². The highest BCUT2D eigenvalue weighted by Crippen LogP contribution is 2.29. The number of fused-ring (bicyclic) bond motifs is 1. The number of aromatic nitrogens is 2. The molecule has 3 aromatic carbocycles. The molecular weight excluding hydrogens is 482 g/mol. The quantitative estimate of drug-likeness (QED) is 0.256. The summed E-state index contributed by atoms with van der Waals surface area (Å²) in [5.41, 5.74) is 3.19. The van der Waals surface area contributed by atoms with E-state index in [0.717, 1.165) is 27.8 Å². The Balaban J connectivity index is 1.26. The Morgan fingerprint density at radius 1 is 0.921 bits per heavy atom. The molecule has 0 atom stereocenters. The summed E-state index contributed by atoms with van der Waals surface area (Å²) in [4.78, 5) is 13.0. The molecule has 8 heteroatoms. The molecule has 5 rings (SSSR count). The van der Waals surface area contributed by atoms with E-state index in [-0.39, 0.29) is 18.3 Å². The first-order valence-electron chi connectivity index (χ1n) is 12.2. The van der Waals surface area contributed by atoms with Gasteiger partial charge in [0.15, 0.2) is 17.3 Å². The van der Waals surface area contributed by atoms with Crippen LogP contribution in [0.3, 0.4) is 0 Å². The van der Waals surface area contributed by atoms with Crippen molar-refractivity contribution in [2.75, 3.05) is 19.5 Å². The van der Waals surface area contributed by atoms with Crippen LogP contribution < -0.4 is 19.5 Å². The average molecular weight is 512 g/mol. The van der Waals surface area contributed by atoms with E-state index in [0.29, 0.717) is 35.2 Å². The molecule has 2 aromatic heterocycles. The number of rotatable bonds is 9. The lowest BCUT2D eigenvalue weighted by atomic mass is 10.1. The highest BCUT2D eigenvalue weighted by atomic mass is 16.5. The zero-order valence-corrected chi connectivity index (χ0v) is 21.8. The van der Waals surface area contributed by atoms with Gasteiger partial charge in [-0.05, 0) is 55.1 Å². The molecule has 2 heterocycles. The van der Waals surface area contributed by atoms with Crippen LogP contribution in [0.25, 0.3) is 10.8 Å². The van der Waals surface area contributed by atoms with Gasteiger partial charge < -0.3 is 23.9 Å². The van der Waals surface area contributed by atoms with E-state index in [1.165, 1.54) is 0 Å². The Bertz CT molecular complexity index is 1600. The molecule has 0 aliphatic heterocycles. The topological polar surface area (TPSA) is 87.8 Å². The van der Waals surface area contributed by atoms with E-state index < -0.39 is 0 Å². The number of hydrogen-bond acceptors (Lipinski definition) is 6. The number of amides is 1. The van der Waals surface area contributed by atoms with Crippen molar-refractivity contribution in [3.63, 3.8) is 0 Å². The summed E-state index contributed by atoms with van der Waals surface area (Å²) in [5.74, 6) is 2.49. The second kappa shape index (κ2) is 10.7. The van der Waals surface area contributed by atoms with Crippen molar-refractivity contribution < 1.29 is 23.4 Å². The van der Waals surface area contributed by atoms with E-state index in [9.17, 15) is 4.79 Å². The van der Waals surface area contributed by atoms with E-state index in [1.54, 1.807) is 26.4 Å². The highest BCUT2D eigenvalue weighted by molar-refractivity contribution is 6.03. The minimum atomic E-state index is -0.349. The van der Waals surface area contributed by atoms with E-state index in [4.69, 9.17) is 18.6 Å². The predicted molar refractivity (Wildman–Crippen MR) is 145 cm³/mol. The molecule has 0 saturated heterocycles. The van der Waals surface area contributed by atoms with Crippen LogP contribution in [-0.4, -0.2) is 29.9 Å². The lowest BCUT2D eigenvalue weighted by molar-refractivity contribution is 0.0992. The number of aryl methyl sites for hydroxylation is 1. The van der Waals surface area contributed by atoms with Crippen LogP contribution in [0.4, 0.5) is 5.69 Å². The van der Waals surface area contributed by atoms with Gasteiger partial charge in [-0.2, -0.15) is 5.10 Å². The number of carbonyl (C=O) groups is 1. The number of anilines is 1. The van der Waals surface area contributed by atoms with Crippen LogP contribution in [-0.2, 0) is 13.2 Å². The van der Waals surface area contributed by atoms with Crippen LogP contribution in [0.15, 0.2) is 77.2 Å². The summed E-state index contributed by atoms with van der Waals surface area (Å²) >= 11 is 0. The summed E-state index contributed by atoms with van der Waals surface area (Å²) in [7, 11) is 3.21. The SMILES string of the molecule is COc1ccc(Cn2nc(C)c(NC(=O)c3ccc(COc4cccc5ccccc45)o3)c2C)cc1OC. The molecule has 0 fully saturated rings. The number of nitrogens with one attached hydrogen (secondary N) is 1. The molecule has 5 aromatic rings. The van der Waals surface area contributed by atoms with E-state index in [2.05, 4.69) is 10.4 Å². The maximum absolute atomic E-state index is 13.0. The number of furan rings is 1. The van der Waals surface area contributed by atoms with Gasteiger partial charge >= 0.3 is 0 Å². The Labute approximate surface area is 220 Å². The van der Waals surface area contributed by atoms with Gasteiger partial charge in [-0.3, -0.25) is 9.48 Å². The first-order chi connectivity index (χ1) is 18.5. The lowest BCUT2D eigenvalue weighted by Gasteiger charge is -2.11. The van der Waals surface area contributed by atoms with Crippen LogP contribution >= 0.6 is 0 Å². The standard InChI is InChI=1S/C30H29N3O5/c1-19-29(20(2)33(32-19)17-21-12-14-26(35-3)28(16-21)36-4)31-30(34)27-15-13-23(38-27)18-37-25-11-7-9-22-8-5-6-10-24(22)25/h5-16H,17-18H2,1-4H3,(H,31,34). The van der Waals surface area contributed by atoms with Gasteiger partial charge in [0.05, 0.1) is 37.8 Å². The second-order valence-electron chi connectivity index (χ2n) is 8.88. The van der Waals surface area contributed by atoms with Crippen molar-refractivity contribution in [2.24, 2.45) is 0 Å². The fraction of sp³-hybridized carbons (Fsp3) is 0.200.